The van der Waals surface area contributed by atoms with Crippen molar-refractivity contribution < 1.29 is 49.1 Å². The van der Waals surface area contributed by atoms with Crippen LogP contribution >= 0.6 is 0 Å². The second-order valence-electron chi connectivity index (χ2n) is 14.0. The predicted molar refractivity (Wildman–Crippen MR) is 179 cm³/mol. The molecule has 2 N–H and O–H groups in total. The molecule has 2 aromatic heterocycles. The number of ether oxygens (including phenoxy) is 3. The first-order valence-electron chi connectivity index (χ1n) is 17.6. The number of nitrogens with two attached hydrogens (primary N) is 1. The summed E-state index contributed by atoms with van der Waals surface area (Å²) in [6.07, 6.45) is -9.14. The number of benzene rings is 1. The van der Waals surface area contributed by atoms with Crippen LogP contribution in [0.5, 0.6) is 0 Å². The van der Waals surface area contributed by atoms with Crippen LogP contribution in [0.4, 0.5) is 19.8 Å². The van der Waals surface area contributed by atoms with Crippen LogP contribution in [0, 0.1) is 19.7 Å². The molecule has 0 spiro atoms. The number of carbonyl (C=O) groups excluding carboxylic acids is 4. The number of imide groups is 1. The molecule has 0 bridgehead atoms. The van der Waals surface area contributed by atoms with Crippen molar-refractivity contribution in [2.75, 3.05) is 4.90 Å². The molecule has 2 heterocycles. The van der Waals surface area contributed by atoms with Gasteiger partial charge in [-0.3, -0.25) is 14.2 Å². The van der Waals surface area contributed by atoms with Crippen LogP contribution in [0.1, 0.15) is 99.1 Å². The quantitative estimate of drug-likeness (QED) is 0.197. The third-order valence-electron chi connectivity index (χ3n) is 6.20. The summed E-state index contributed by atoms with van der Waals surface area (Å²) in [7, 11) is 0. The molecule has 1 aromatic carbocycles. The lowest BCUT2D eigenvalue weighted by Gasteiger charge is -2.29. The second kappa shape index (κ2) is 14.2. The molecule has 13 nitrogen and oxygen atoms in total. The van der Waals surface area contributed by atoms with Gasteiger partial charge in [0.25, 0.3) is 0 Å². The molecule has 49 heavy (non-hydrogen) atoms. The molecule has 0 aliphatic rings. The Kier molecular flexibility index (Phi) is 9.08. The molecule has 0 radical (unpaired) electrons. The summed E-state index contributed by atoms with van der Waals surface area (Å²) in [5.74, 6) is -7.08. The third kappa shape index (κ3) is 10.2. The summed E-state index contributed by atoms with van der Waals surface area (Å²) < 4.78 is 78.9. The van der Waals surface area contributed by atoms with E-state index in [2.05, 4.69) is 4.98 Å². The van der Waals surface area contributed by atoms with Crippen LogP contribution in [0.15, 0.2) is 39.7 Å². The molecule has 266 valence electrons. The molecule has 3 amide bonds. The van der Waals surface area contributed by atoms with Gasteiger partial charge in [0.05, 0.1) is 18.8 Å². The zero-order valence-corrected chi connectivity index (χ0v) is 29.4. The van der Waals surface area contributed by atoms with Crippen LogP contribution < -0.4 is 16.4 Å². The molecule has 1 atom stereocenters. The van der Waals surface area contributed by atoms with E-state index in [1.54, 1.807) is 61.5 Å². The first-order chi connectivity index (χ1) is 24.2. The van der Waals surface area contributed by atoms with E-state index in [9.17, 15) is 24.0 Å². The molecule has 14 heteroatoms. The molecule has 3 aromatic rings. The lowest BCUT2D eigenvalue weighted by molar-refractivity contribution is -0.155. The van der Waals surface area contributed by atoms with E-state index in [-0.39, 0.29) is 21.6 Å². The fraction of sp³-hybridized carbons (Fsp3) is 0.486. The Morgan fingerprint density at radius 1 is 0.980 bits per heavy atom. The number of pyridine rings is 1. The van der Waals surface area contributed by atoms with Gasteiger partial charge < -0.3 is 24.4 Å². The zero-order chi connectivity index (χ0) is 41.7. The van der Waals surface area contributed by atoms with E-state index in [0.29, 0.717) is 22.2 Å². The first kappa shape index (κ1) is 31.3. The number of carbonyl (C=O) groups is 4. The summed E-state index contributed by atoms with van der Waals surface area (Å²) >= 11 is 0. The summed E-state index contributed by atoms with van der Waals surface area (Å²) in [5.41, 5.74) is 2.78. The number of anilines is 1. The zero-order valence-electron chi connectivity index (χ0n) is 34.4. The summed E-state index contributed by atoms with van der Waals surface area (Å²) in [6, 6.07) is 1.35. The second-order valence-corrected chi connectivity index (χ2v) is 14.0. The van der Waals surface area contributed by atoms with Crippen molar-refractivity contribution in [3.05, 3.63) is 58.0 Å². The van der Waals surface area contributed by atoms with Gasteiger partial charge in [-0.2, -0.15) is 4.90 Å². The summed E-state index contributed by atoms with van der Waals surface area (Å²) in [5, 5.41) is 0. The number of hydrogen-bond donors (Lipinski definition) is 1. The minimum Gasteiger partial charge on any atom is -0.460 e. The Labute approximate surface area is 291 Å². The highest BCUT2D eigenvalue weighted by atomic mass is 19.1. The Bertz CT molecular complexity index is 2020. The number of esters is 1. The van der Waals surface area contributed by atoms with Crippen LogP contribution in [-0.4, -0.2) is 50.4 Å². The van der Waals surface area contributed by atoms with E-state index in [0.717, 1.165) is 12.1 Å². The summed E-state index contributed by atoms with van der Waals surface area (Å²) in [6.45, 7) is 17.1. The van der Waals surface area contributed by atoms with E-state index in [4.69, 9.17) is 31.2 Å². The predicted octanol–water partition coefficient (Wildman–Crippen LogP) is 6.75. The van der Waals surface area contributed by atoms with Crippen LogP contribution in [0.3, 0.4) is 0 Å². The fourth-order valence-electron chi connectivity index (χ4n) is 4.10. The lowest BCUT2D eigenvalue weighted by atomic mass is 10.0. The number of primary amides is 1. The van der Waals surface area contributed by atoms with Gasteiger partial charge in [0.15, 0.2) is 11.6 Å². The SMILES string of the molecule is [2H]C([2H])(C(=O)OC(C)(C)C)C([2H])([2H])[C@@]([2H])(C(N)=O)n1cc(-c2ccc(-c3cc(C)c(C)c(N(C(=O)OC(C)(C)C)C(=O)OC(C)(C)C)n3)cc2F)oc1=O. The Balaban J connectivity index is 2.16. The molecular weight excluding hydrogens is 639 g/mol. The van der Waals surface area contributed by atoms with Crippen molar-refractivity contribution in [3.63, 3.8) is 0 Å². The number of nitrogens with zero attached hydrogens (tertiary/aromatic N) is 3. The molecular formula is C35H45FN4O9. The van der Waals surface area contributed by atoms with Gasteiger partial charge in [-0.1, -0.05) is 6.07 Å². The maximum absolute atomic E-state index is 15.9. The minimum atomic E-state index is -3.86. The van der Waals surface area contributed by atoms with Gasteiger partial charge in [0.2, 0.25) is 5.91 Å². The Morgan fingerprint density at radius 2 is 1.53 bits per heavy atom. The molecule has 0 aliphatic heterocycles. The van der Waals surface area contributed by atoms with Gasteiger partial charge in [-0.15, -0.1) is 0 Å². The molecule has 0 saturated heterocycles. The highest BCUT2D eigenvalue weighted by Crippen LogP contribution is 2.32. The highest BCUT2D eigenvalue weighted by Gasteiger charge is 2.35. The van der Waals surface area contributed by atoms with Gasteiger partial charge in [-0.25, -0.2) is 23.8 Å². The van der Waals surface area contributed by atoms with Gasteiger partial charge >= 0.3 is 23.9 Å². The van der Waals surface area contributed by atoms with Crippen molar-refractivity contribution in [3.8, 4) is 22.6 Å². The van der Waals surface area contributed by atoms with Gasteiger partial charge in [-0.05, 0) is 112 Å². The van der Waals surface area contributed by atoms with E-state index < -0.39 is 82.5 Å². The van der Waals surface area contributed by atoms with Crippen molar-refractivity contribution in [1.82, 2.24) is 9.55 Å². The lowest BCUT2D eigenvalue weighted by Crippen LogP contribution is -2.44. The normalized spacial score (nSPS) is 15.4. The number of aryl methyl sites for hydroxylation is 1. The maximum Gasteiger partial charge on any atom is 0.425 e. The minimum absolute atomic E-state index is 0.0271. The van der Waals surface area contributed by atoms with E-state index in [1.807, 2.05) is 0 Å². The van der Waals surface area contributed by atoms with Crippen molar-refractivity contribution in [2.45, 2.75) is 112 Å². The molecule has 0 fully saturated rings. The average molecular weight is 690 g/mol. The largest absolute Gasteiger partial charge is 0.460 e. The fourth-order valence-corrected chi connectivity index (χ4v) is 4.10. The van der Waals surface area contributed by atoms with Crippen molar-refractivity contribution in [1.29, 1.82) is 0 Å². The van der Waals surface area contributed by atoms with Gasteiger partial charge in [0.1, 0.15) is 28.6 Å². The van der Waals surface area contributed by atoms with Crippen LogP contribution in [0.25, 0.3) is 22.6 Å². The number of aromatic nitrogens is 2. The summed E-state index contributed by atoms with van der Waals surface area (Å²) in [4.78, 5) is 70.3. The van der Waals surface area contributed by atoms with Crippen molar-refractivity contribution >= 4 is 29.9 Å². The molecule has 0 saturated carbocycles. The third-order valence-corrected chi connectivity index (χ3v) is 6.20. The maximum atomic E-state index is 15.9. The van der Waals surface area contributed by atoms with E-state index >= 15 is 4.39 Å². The average Bonchev–Trinajstić information content (AvgIpc) is 3.36. The highest BCUT2D eigenvalue weighted by molar-refractivity contribution is 6.09. The standard InChI is InChI=1S/C35H45FN4O9/c1-19-16-24(38-29(20(19)2)40(31(44)48-34(6,7)8)32(45)49-35(9,10)11)21-12-13-22(23(36)17-21)26-18-39(30(43)46-26)25(28(37)42)14-15-27(41)47-33(3,4)5/h12-13,16-18,25H,14-15H2,1-11H3,(H2,37,42)/t25-/m0/s1/i14D2,15D2,25D. The first-order valence-corrected chi connectivity index (χ1v) is 15.1. The number of oxazole rings is 1. The molecule has 3 rings (SSSR count). The number of halogens is 1. The number of rotatable bonds is 8. The van der Waals surface area contributed by atoms with Gasteiger partial charge in [0, 0.05) is 17.4 Å². The smallest absolute Gasteiger partial charge is 0.425 e. The Morgan fingerprint density at radius 3 is 2.02 bits per heavy atom. The molecule has 0 aliphatic carbocycles. The topological polar surface area (TPSA) is 173 Å². The van der Waals surface area contributed by atoms with Crippen LogP contribution in [-0.2, 0) is 23.8 Å². The Hall–Kier alpha value is -5.01. The monoisotopic (exact) mass is 689 g/mol. The molecule has 0 unspecified atom stereocenters. The van der Waals surface area contributed by atoms with E-state index in [1.165, 1.54) is 26.8 Å². The van der Waals surface area contributed by atoms with Crippen molar-refractivity contribution in [2.24, 2.45) is 5.73 Å². The van der Waals surface area contributed by atoms with Crippen LogP contribution in [0.2, 0.25) is 0 Å². The number of amides is 3. The number of hydrogen-bond acceptors (Lipinski definition) is 10.